The van der Waals surface area contributed by atoms with Crippen molar-refractivity contribution < 1.29 is 19.1 Å². The zero-order valence-corrected chi connectivity index (χ0v) is 16.6. The smallest absolute Gasteiger partial charge is 0.336 e. The summed E-state index contributed by atoms with van der Waals surface area (Å²) in [6, 6.07) is 10.3. The van der Waals surface area contributed by atoms with E-state index in [1.165, 1.54) is 35.7 Å². The SMILES string of the molecule is COc1ccccc1C(C)(C(=O)O)n1ncc2c1nc(N)n1nc(-c3ccco3)nc21. The van der Waals surface area contributed by atoms with E-state index in [1.54, 1.807) is 36.4 Å². The molecular weight excluding hydrogens is 402 g/mol. The molecule has 0 aliphatic carbocycles. The van der Waals surface area contributed by atoms with Crippen LogP contribution in [0.4, 0.5) is 5.95 Å². The van der Waals surface area contributed by atoms with Gasteiger partial charge in [-0.15, -0.1) is 5.10 Å². The Hall–Kier alpha value is -4.41. The van der Waals surface area contributed by atoms with Gasteiger partial charge in [0.15, 0.2) is 22.6 Å². The number of nitrogens with zero attached hydrogens (tertiary/aromatic N) is 6. The van der Waals surface area contributed by atoms with Gasteiger partial charge in [-0.3, -0.25) is 0 Å². The Morgan fingerprint density at radius 1 is 1.19 bits per heavy atom. The molecule has 1 unspecified atom stereocenters. The molecule has 5 rings (SSSR count). The van der Waals surface area contributed by atoms with Crippen molar-refractivity contribution in [2.75, 3.05) is 12.8 Å². The van der Waals surface area contributed by atoms with Crippen LogP contribution in [-0.2, 0) is 10.3 Å². The largest absolute Gasteiger partial charge is 0.496 e. The minimum atomic E-state index is -1.63. The molecule has 0 saturated carbocycles. The number of carbonyl (C=O) groups is 1. The minimum Gasteiger partial charge on any atom is -0.496 e. The van der Waals surface area contributed by atoms with Crippen LogP contribution in [-0.4, -0.2) is 47.5 Å². The predicted molar refractivity (Wildman–Crippen MR) is 110 cm³/mol. The van der Waals surface area contributed by atoms with Gasteiger partial charge in [-0.05, 0) is 25.1 Å². The van der Waals surface area contributed by atoms with Crippen LogP contribution in [0.2, 0.25) is 0 Å². The van der Waals surface area contributed by atoms with Gasteiger partial charge in [0, 0.05) is 5.56 Å². The van der Waals surface area contributed by atoms with Crippen molar-refractivity contribution in [1.29, 1.82) is 0 Å². The quantitative estimate of drug-likeness (QED) is 0.437. The maximum Gasteiger partial charge on any atom is 0.336 e. The summed E-state index contributed by atoms with van der Waals surface area (Å²) in [5.41, 5.74) is 5.55. The van der Waals surface area contributed by atoms with E-state index < -0.39 is 11.5 Å². The molecule has 0 saturated heterocycles. The number of anilines is 1. The Balaban J connectivity index is 1.79. The molecule has 0 amide bonds. The van der Waals surface area contributed by atoms with E-state index in [0.29, 0.717) is 33.9 Å². The Bertz CT molecular complexity index is 1440. The Kier molecular flexibility index (Phi) is 3.93. The van der Waals surface area contributed by atoms with Gasteiger partial charge in [0.05, 0.1) is 25.0 Å². The molecule has 0 spiro atoms. The molecule has 3 N–H and O–H groups in total. The lowest BCUT2D eigenvalue weighted by atomic mass is 9.91. The zero-order chi connectivity index (χ0) is 21.8. The molecule has 31 heavy (non-hydrogen) atoms. The Morgan fingerprint density at radius 3 is 2.71 bits per heavy atom. The number of aliphatic carboxylic acids is 1. The van der Waals surface area contributed by atoms with Crippen LogP contribution < -0.4 is 10.5 Å². The summed E-state index contributed by atoms with van der Waals surface area (Å²) in [4.78, 5) is 21.4. The van der Waals surface area contributed by atoms with Crippen LogP contribution in [0.15, 0.2) is 53.3 Å². The fourth-order valence-corrected chi connectivity index (χ4v) is 3.61. The van der Waals surface area contributed by atoms with Crippen molar-refractivity contribution in [2.45, 2.75) is 12.5 Å². The summed E-state index contributed by atoms with van der Waals surface area (Å²) < 4.78 is 13.4. The normalized spacial score (nSPS) is 13.5. The van der Waals surface area contributed by atoms with Gasteiger partial charge < -0.3 is 20.0 Å². The van der Waals surface area contributed by atoms with Crippen LogP contribution in [0.25, 0.3) is 28.3 Å². The number of carboxylic acids is 1. The van der Waals surface area contributed by atoms with Crippen molar-refractivity contribution in [1.82, 2.24) is 29.4 Å². The predicted octanol–water partition coefficient (Wildman–Crippen LogP) is 2.17. The van der Waals surface area contributed by atoms with Crippen LogP contribution >= 0.6 is 0 Å². The van der Waals surface area contributed by atoms with Crippen LogP contribution in [0.1, 0.15) is 12.5 Å². The van der Waals surface area contributed by atoms with E-state index in [-0.39, 0.29) is 11.6 Å². The van der Waals surface area contributed by atoms with E-state index >= 15 is 0 Å². The van der Waals surface area contributed by atoms with Gasteiger partial charge in [-0.2, -0.15) is 14.6 Å². The van der Waals surface area contributed by atoms with E-state index in [1.807, 2.05) is 0 Å². The molecule has 4 aromatic heterocycles. The average Bonchev–Trinajstić information content (AvgIpc) is 3.51. The van der Waals surface area contributed by atoms with Gasteiger partial charge in [0.25, 0.3) is 0 Å². The van der Waals surface area contributed by atoms with Crippen molar-refractivity contribution in [3.05, 3.63) is 54.4 Å². The topological polar surface area (TPSA) is 147 Å². The fraction of sp³-hybridized carbons (Fsp3) is 0.150. The molecular formula is C20H17N7O4. The van der Waals surface area contributed by atoms with Crippen molar-refractivity contribution in [3.8, 4) is 17.3 Å². The summed E-state index contributed by atoms with van der Waals surface area (Å²) in [5, 5.41) is 19.4. The second-order valence-electron chi connectivity index (χ2n) is 6.99. The standard InChI is InChI=1S/C20H17N7O4/c1-20(18(28)29,12-6-3-4-7-13(12)30-2)27-17-11(10-22-27)16-23-15(14-8-5-9-31-14)25-26(16)19(21)24-17/h3-10H,1-2H3,(H2,21,24)(H,28,29). The first-order valence-corrected chi connectivity index (χ1v) is 9.26. The zero-order valence-electron chi connectivity index (χ0n) is 16.6. The van der Waals surface area contributed by atoms with Gasteiger partial charge in [-0.25, -0.2) is 14.5 Å². The minimum absolute atomic E-state index is 0.0299. The number of rotatable bonds is 5. The lowest BCUT2D eigenvalue weighted by Crippen LogP contribution is -2.41. The van der Waals surface area contributed by atoms with E-state index in [4.69, 9.17) is 14.9 Å². The van der Waals surface area contributed by atoms with Crippen molar-refractivity contribution in [2.24, 2.45) is 0 Å². The number of benzene rings is 1. The first-order chi connectivity index (χ1) is 14.9. The molecule has 11 nitrogen and oxygen atoms in total. The van der Waals surface area contributed by atoms with Gasteiger partial charge >= 0.3 is 5.97 Å². The number of fused-ring (bicyclic) bond motifs is 3. The number of para-hydroxylation sites is 1. The Morgan fingerprint density at radius 2 is 2.00 bits per heavy atom. The molecule has 1 aromatic carbocycles. The number of methoxy groups -OCH3 is 1. The summed E-state index contributed by atoms with van der Waals surface area (Å²) in [5.74, 6) is 0.0903. The molecule has 4 heterocycles. The number of nitrogen functional groups attached to an aromatic ring is 1. The number of ether oxygens (including phenoxy) is 1. The fourth-order valence-electron chi connectivity index (χ4n) is 3.61. The number of hydrogen-bond donors (Lipinski definition) is 2. The van der Waals surface area contributed by atoms with E-state index in [0.717, 1.165) is 0 Å². The Labute approximate surface area is 174 Å². The lowest BCUT2D eigenvalue weighted by Gasteiger charge is -2.27. The van der Waals surface area contributed by atoms with Gasteiger partial charge in [0.1, 0.15) is 5.75 Å². The highest BCUT2D eigenvalue weighted by Crippen LogP contribution is 2.36. The molecule has 156 valence electrons. The highest BCUT2D eigenvalue weighted by molar-refractivity contribution is 5.92. The third-order valence-electron chi connectivity index (χ3n) is 5.24. The summed E-state index contributed by atoms with van der Waals surface area (Å²) >= 11 is 0. The van der Waals surface area contributed by atoms with E-state index in [9.17, 15) is 9.90 Å². The molecule has 0 bridgehead atoms. The highest BCUT2D eigenvalue weighted by atomic mass is 16.5. The number of furan rings is 1. The van der Waals surface area contributed by atoms with Crippen molar-refractivity contribution in [3.63, 3.8) is 0 Å². The molecule has 0 fully saturated rings. The monoisotopic (exact) mass is 419 g/mol. The molecule has 0 radical (unpaired) electrons. The maximum absolute atomic E-state index is 12.5. The molecule has 5 aromatic rings. The number of nitrogens with two attached hydrogens (primary N) is 1. The number of hydrogen-bond acceptors (Lipinski definition) is 8. The first-order valence-electron chi connectivity index (χ1n) is 9.26. The van der Waals surface area contributed by atoms with Crippen molar-refractivity contribution >= 4 is 28.6 Å². The second-order valence-corrected chi connectivity index (χ2v) is 6.99. The summed E-state index contributed by atoms with van der Waals surface area (Å²) in [6.45, 7) is 1.53. The third-order valence-corrected chi connectivity index (χ3v) is 5.24. The van der Waals surface area contributed by atoms with E-state index in [2.05, 4.69) is 20.2 Å². The first kappa shape index (κ1) is 18.6. The second kappa shape index (κ2) is 6.55. The van der Waals surface area contributed by atoms with Crippen LogP contribution in [0.3, 0.4) is 0 Å². The summed E-state index contributed by atoms with van der Waals surface area (Å²) in [6.07, 6.45) is 3.01. The van der Waals surface area contributed by atoms with Crippen LogP contribution in [0, 0.1) is 0 Å². The summed E-state index contributed by atoms with van der Waals surface area (Å²) in [7, 11) is 1.48. The lowest BCUT2D eigenvalue weighted by molar-refractivity contribution is -0.144. The number of aromatic nitrogens is 6. The average molecular weight is 419 g/mol. The number of carboxylic acid groups (broad SMARTS) is 1. The molecule has 0 aliphatic heterocycles. The van der Waals surface area contributed by atoms with Gasteiger partial charge in [-0.1, -0.05) is 18.2 Å². The molecule has 11 heteroatoms. The molecule has 1 atom stereocenters. The third kappa shape index (κ3) is 2.56. The maximum atomic E-state index is 12.5. The van der Waals surface area contributed by atoms with Crippen LogP contribution in [0.5, 0.6) is 5.75 Å². The highest BCUT2D eigenvalue weighted by Gasteiger charge is 2.42. The molecule has 0 aliphatic rings. The van der Waals surface area contributed by atoms with Gasteiger partial charge in [0.2, 0.25) is 11.8 Å².